The highest BCUT2D eigenvalue weighted by Gasteiger charge is 2.24. The first-order valence-electron chi connectivity index (χ1n) is 5.33. The van der Waals surface area contributed by atoms with Crippen molar-refractivity contribution in [3.05, 3.63) is 0 Å². The molecule has 15 heavy (non-hydrogen) atoms. The molecule has 1 fully saturated rings. The minimum Gasteiger partial charge on any atom is -0.348 e. The van der Waals surface area contributed by atoms with Gasteiger partial charge in [-0.15, -0.1) is 0 Å². The van der Waals surface area contributed by atoms with E-state index < -0.39 is 12.3 Å². The number of likely N-dealkylation sites (tertiary alicyclic amines) is 1. The summed E-state index contributed by atoms with van der Waals surface area (Å²) in [5.41, 5.74) is 0. The van der Waals surface area contributed by atoms with Gasteiger partial charge in [0, 0.05) is 25.2 Å². The van der Waals surface area contributed by atoms with Crippen LogP contribution in [0, 0.1) is 0 Å². The molecule has 1 saturated heterocycles. The van der Waals surface area contributed by atoms with Gasteiger partial charge in [-0.25, -0.2) is 0 Å². The average Bonchev–Trinajstić information content (AvgIpc) is 2.18. The predicted molar refractivity (Wildman–Crippen MR) is 53.9 cm³/mol. The van der Waals surface area contributed by atoms with Gasteiger partial charge in [0.1, 0.15) is 0 Å². The van der Waals surface area contributed by atoms with Gasteiger partial charge in [0.25, 0.3) is 5.91 Å². The van der Waals surface area contributed by atoms with Gasteiger partial charge in [-0.1, -0.05) is 0 Å². The van der Waals surface area contributed by atoms with E-state index in [1.165, 1.54) is 0 Å². The van der Waals surface area contributed by atoms with Gasteiger partial charge in [0.05, 0.1) is 0 Å². The van der Waals surface area contributed by atoms with Crippen LogP contribution in [0.3, 0.4) is 0 Å². The van der Waals surface area contributed by atoms with Crippen molar-refractivity contribution < 1.29 is 13.6 Å². The fourth-order valence-electron chi connectivity index (χ4n) is 1.82. The second-order valence-corrected chi connectivity index (χ2v) is 4.21. The van der Waals surface area contributed by atoms with Crippen molar-refractivity contribution in [3.63, 3.8) is 0 Å². The minimum atomic E-state index is -2.90. The van der Waals surface area contributed by atoms with Crippen molar-refractivity contribution >= 4 is 5.91 Å². The van der Waals surface area contributed by atoms with E-state index in [1.807, 2.05) is 0 Å². The first-order chi connectivity index (χ1) is 7.00. The van der Waals surface area contributed by atoms with E-state index in [-0.39, 0.29) is 6.04 Å². The summed E-state index contributed by atoms with van der Waals surface area (Å²) in [5, 5.41) is 2.36. The Kier molecular flexibility index (Phi) is 4.45. The highest BCUT2D eigenvalue weighted by molar-refractivity contribution is 5.79. The Hall–Kier alpha value is -0.710. The van der Waals surface area contributed by atoms with Crippen molar-refractivity contribution in [1.82, 2.24) is 10.2 Å². The minimum absolute atomic E-state index is 0.0819. The van der Waals surface area contributed by atoms with E-state index in [1.54, 1.807) is 0 Å². The van der Waals surface area contributed by atoms with Crippen LogP contribution in [0.5, 0.6) is 0 Å². The normalized spacial score (nSPS) is 19.9. The monoisotopic (exact) mass is 220 g/mol. The molecule has 1 aliphatic rings. The average molecular weight is 220 g/mol. The zero-order valence-corrected chi connectivity index (χ0v) is 9.17. The Balaban J connectivity index is 2.29. The van der Waals surface area contributed by atoms with Gasteiger partial charge in [-0.3, -0.25) is 4.79 Å². The molecule has 3 nitrogen and oxygen atoms in total. The van der Waals surface area contributed by atoms with Crippen LogP contribution in [0.1, 0.15) is 26.7 Å². The lowest BCUT2D eigenvalue weighted by Gasteiger charge is -2.34. The van der Waals surface area contributed by atoms with Crippen molar-refractivity contribution in [2.75, 3.05) is 13.1 Å². The van der Waals surface area contributed by atoms with Crippen LogP contribution in [0.15, 0.2) is 0 Å². The van der Waals surface area contributed by atoms with Crippen LogP contribution < -0.4 is 5.32 Å². The zero-order valence-electron chi connectivity index (χ0n) is 9.17. The van der Waals surface area contributed by atoms with Gasteiger partial charge >= 0.3 is 6.43 Å². The number of carbonyl (C=O) groups is 1. The second kappa shape index (κ2) is 5.39. The summed E-state index contributed by atoms with van der Waals surface area (Å²) in [4.78, 5) is 13.0. The van der Waals surface area contributed by atoms with E-state index in [4.69, 9.17) is 0 Å². The van der Waals surface area contributed by atoms with E-state index in [2.05, 4.69) is 24.1 Å². The number of amides is 1. The summed E-state index contributed by atoms with van der Waals surface area (Å²) in [6.07, 6.45) is -1.37. The van der Waals surface area contributed by atoms with E-state index >= 15 is 0 Å². The fourth-order valence-corrected chi connectivity index (χ4v) is 1.82. The Morgan fingerprint density at radius 2 is 1.87 bits per heavy atom. The maximum atomic E-state index is 12.0. The van der Waals surface area contributed by atoms with Crippen LogP contribution in [0.2, 0.25) is 0 Å². The third-order valence-electron chi connectivity index (χ3n) is 2.80. The van der Waals surface area contributed by atoms with Gasteiger partial charge < -0.3 is 10.2 Å². The Bertz CT molecular complexity index is 213. The molecular formula is C10H18F2N2O. The van der Waals surface area contributed by atoms with Gasteiger partial charge in [0.2, 0.25) is 0 Å². The summed E-state index contributed by atoms with van der Waals surface area (Å²) in [5.74, 6) is -1.14. The van der Waals surface area contributed by atoms with Crippen LogP contribution in [0.4, 0.5) is 8.78 Å². The molecule has 1 rings (SSSR count). The van der Waals surface area contributed by atoms with Crippen LogP contribution in [0.25, 0.3) is 0 Å². The van der Waals surface area contributed by atoms with Gasteiger partial charge in [0.15, 0.2) is 0 Å². The number of hydrogen-bond donors (Lipinski definition) is 1. The van der Waals surface area contributed by atoms with Gasteiger partial charge in [-0.05, 0) is 26.7 Å². The Morgan fingerprint density at radius 1 is 1.33 bits per heavy atom. The number of alkyl halides is 2. The van der Waals surface area contributed by atoms with Crippen molar-refractivity contribution in [1.29, 1.82) is 0 Å². The topological polar surface area (TPSA) is 32.3 Å². The smallest absolute Gasteiger partial charge is 0.315 e. The molecule has 0 atom stereocenters. The lowest BCUT2D eigenvalue weighted by molar-refractivity contribution is -0.132. The maximum absolute atomic E-state index is 12.0. The number of hydrogen-bond acceptors (Lipinski definition) is 2. The molecule has 0 aromatic rings. The molecule has 0 unspecified atom stereocenters. The number of nitrogens with one attached hydrogen (secondary N) is 1. The van der Waals surface area contributed by atoms with Gasteiger partial charge in [-0.2, -0.15) is 8.78 Å². The van der Waals surface area contributed by atoms with Crippen molar-refractivity contribution in [2.24, 2.45) is 0 Å². The molecule has 0 spiro atoms. The van der Waals surface area contributed by atoms with E-state index in [0.29, 0.717) is 6.04 Å². The van der Waals surface area contributed by atoms with E-state index in [9.17, 15) is 13.6 Å². The van der Waals surface area contributed by atoms with Crippen LogP contribution in [-0.2, 0) is 4.79 Å². The molecule has 0 aromatic heterocycles. The first-order valence-corrected chi connectivity index (χ1v) is 5.33. The molecule has 0 saturated carbocycles. The SMILES string of the molecule is CC(C)N1CCC(NC(=O)C(F)F)CC1. The molecule has 5 heteroatoms. The number of halogens is 2. The maximum Gasteiger partial charge on any atom is 0.315 e. The molecule has 1 heterocycles. The summed E-state index contributed by atoms with van der Waals surface area (Å²) in [6, 6.07) is 0.401. The molecule has 88 valence electrons. The van der Waals surface area contributed by atoms with Crippen LogP contribution in [-0.4, -0.2) is 42.4 Å². The largest absolute Gasteiger partial charge is 0.348 e. The lowest BCUT2D eigenvalue weighted by atomic mass is 10.0. The predicted octanol–water partition coefficient (Wildman–Crippen LogP) is 1.24. The second-order valence-electron chi connectivity index (χ2n) is 4.21. The zero-order chi connectivity index (χ0) is 11.4. The molecule has 0 aromatic carbocycles. The molecule has 0 aliphatic carbocycles. The molecular weight excluding hydrogens is 202 g/mol. The fraction of sp³-hybridized carbons (Fsp3) is 0.900. The first kappa shape index (κ1) is 12.4. The summed E-state index contributed by atoms with van der Waals surface area (Å²) < 4.78 is 23.9. The number of carbonyl (C=O) groups excluding carboxylic acids is 1. The molecule has 0 radical (unpaired) electrons. The molecule has 1 amide bonds. The van der Waals surface area contributed by atoms with Crippen molar-refractivity contribution in [3.8, 4) is 0 Å². The molecule has 1 aliphatic heterocycles. The standard InChI is InChI=1S/C10H18F2N2O/c1-7(2)14-5-3-8(4-6-14)13-10(15)9(11)12/h7-9H,3-6H2,1-2H3,(H,13,15). The third-order valence-corrected chi connectivity index (χ3v) is 2.80. The number of rotatable bonds is 3. The van der Waals surface area contributed by atoms with Crippen molar-refractivity contribution in [2.45, 2.75) is 45.2 Å². The summed E-state index contributed by atoms with van der Waals surface area (Å²) >= 11 is 0. The number of piperidine rings is 1. The van der Waals surface area contributed by atoms with Crippen LogP contribution >= 0.6 is 0 Å². The quantitative estimate of drug-likeness (QED) is 0.776. The highest BCUT2D eigenvalue weighted by Crippen LogP contribution is 2.13. The Morgan fingerprint density at radius 3 is 2.27 bits per heavy atom. The molecule has 1 N–H and O–H groups in total. The summed E-state index contributed by atoms with van der Waals surface area (Å²) in [7, 11) is 0. The highest BCUT2D eigenvalue weighted by atomic mass is 19.3. The summed E-state index contributed by atoms with van der Waals surface area (Å²) in [6.45, 7) is 5.95. The van der Waals surface area contributed by atoms with E-state index in [0.717, 1.165) is 25.9 Å². The number of nitrogens with zero attached hydrogens (tertiary/aromatic N) is 1. The lowest BCUT2D eigenvalue weighted by Crippen LogP contribution is -2.47. The third kappa shape index (κ3) is 3.74. The Labute approximate surface area is 88.8 Å². The molecule has 0 bridgehead atoms.